The maximum atomic E-state index is 12.2. The summed E-state index contributed by atoms with van der Waals surface area (Å²) in [7, 11) is 1.93. The highest BCUT2D eigenvalue weighted by Crippen LogP contribution is 2.48. The zero-order valence-corrected chi connectivity index (χ0v) is 12.1. The van der Waals surface area contributed by atoms with Crippen molar-refractivity contribution in [2.24, 2.45) is 29.4 Å². The molecule has 4 atom stereocenters. The molecule has 0 aromatic rings. The van der Waals surface area contributed by atoms with Crippen molar-refractivity contribution in [2.75, 3.05) is 13.6 Å². The predicted molar refractivity (Wildman–Crippen MR) is 74.0 cm³/mol. The van der Waals surface area contributed by atoms with Crippen molar-refractivity contribution in [3.05, 3.63) is 0 Å². The molecular weight excluding hydrogens is 224 g/mol. The molecule has 3 nitrogen and oxygen atoms in total. The summed E-state index contributed by atoms with van der Waals surface area (Å²) in [5.41, 5.74) is 5.98. The van der Waals surface area contributed by atoms with Crippen LogP contribution in [0.4, 0.5) is 0 Å². The van der Waals surface area contributed by atoms with Gasteiger partial charge >= 0.3 is 0 Å². The molecule has 0 aliphatic heterocycles. The second-order valence-corrected chi connectivity index (χ2v) is 6.89. The van der Waals surface area contributed by atoms with Gasteiger partial charge in [0, 0.05) is 13.6 Å². The Morgan fingerprint density at radius 3 is 2.56 bits per heavy atom. The summed E-state index contributed by atoms with van der Waals surface area (Å²) in [6.07, 6.45) is 6.34. The van der Waals surface area contributed by atoms with Crippen molar-refractivity contribution in [1.29, 1.82) is 0 Å². The Bertz CT molecular complexity index is 303. The Balaban J connectivity index is 1.80. The smallest absolute Gasteiger partial charge is 0.239 e. The molecule has 104 valence electrons. The molecule has 0 spiro atoms. The Hall–Kier alpha value is -0.570. The number of carbonyl (C=O) groups excluding carboxylic acids is 1. The van der Waals surface area contributed by atoms with Crippen LogP contribution in [0.1, 0.15) is 46.0 Å². The second kappa shape index (κ2) is 5.60. The van der Waals surface area contributed by atoms with Gasteiger partial charge in [-0.1, -0.05) is 20.3 Å². The molecular formula is C15H28N2O. The third-order valence-corrected chi connectivity index (χ3v) is 4.81. The molecule has 2 rings (SSSR count). The van der Waals surface area contributed by atoms with Gasteiger partial charge in [-0.05, 0) is 49.4 Å². The van der Waals surface area contributed by atoms with E-state index in [2.05, 4.69) is 13.8 Å². The number of amides is 1. The lowest BCUT2D eigenvalue weighted by Gasteiger charge is -2.29. The SMILES string of the molecule is CC(C)CC(N)C(=O)N(C)CC1CC2CCC1C2. The first-order valence-electron chi connectivity index (χ1n) is 7.48. The van der Waals surface area contributed by atoms with Crippen LogP contribution in [0.3, 0.4) is 0 Å². The Labute approximate surface area is 111 Å². The van der Waals surface area contributed by atoms with Gasteiger partial charge in [-0.25, -0.2) is 0 Å². The first-order valence-corrected chi connectivity index (χ1v) is 7.48. The molecule has 0 heterocycles. The number of hydrogen-bond donors (Lipinski definition) is 1. The van der Waals surface area contributed by atoms with Gasteiger partial charge in [0.2, 0.25) is 5.91 Å². The molecule has 1 amide bonds. The third-order valence-electron chi connectivity index (χ3n) is 4.81. The predicted octanol–water partition coefficient (Wildman–Crippen LogP) is 2.25. The number of fused-ring (bicyclic) bond motifs is 2. The topological polar surface area (TPSA) is 46.3 Å². The van der Waals surface area contributed by atoms with E-state index in [9.17, 15) is 4.79 Å². The van der Waals surface area contributed by atoms with Gasteiger partial charge in [-0.2, -0.15) is 0 Å². The minimum Gasteiger partial charge on any atom is -0.344 e. The number of nitrogens with two attached hydrogens (primary N) is 1. The third kappa shape index (κ3) is 3.05. The minimum absolute atomic E-state index is 0.131. The van der Waals surface area contributed by atoms with Crippen molar-refractivity contribution in [2.45, 2.75) is 52.0 Å². The average molecular weight is 252 g/mol. The maximum Gasteiger partial charge on any atom is 0.239 e. The van der Waals surface area contributed by atoms with E-state index < -0.39 is 0 Å². The Morgan fingerprint density at radius 1 is 1.33 bits per heavy atom. The van der Waals surface area contributed by atoms with Crippen molar-refractivity contribution in [1.82, 2.24) is 4.90 Å². The van der Waals surface area contributed by atoms with Crippen LogP contribution < -0.4 is 5.73 Å². The van der Waals surface area contributed by atoms with Crippen LogP contribution >= 0.6 is 0 Å². The first-order chi connectivity index (χ1) is 8.47. The van der Waals surface area contributed by atoms with Gasteiger partial charge in [0.25, 0.3) is 0 Å². The highest BCUT2D eigenvalue weighted by molar-refractivity contribution is 5.81. The standard InChI is InChI=1S/C15H28N2O/c1-10(2)6-14(16)15(18)17(3)9-13-8-11-4-5-12(13)7-11/h10-14H,4-9,16H2,1-3H3. The van der Waals surface area contributed by atoms with Gasteiger partial charge in [0.05, 0.1) is 6.04 Å². The molecule has 2 N–H and O–H groups in total. The number of likely N-dealkylation sites (N-methyl/N-ethyl adjacent to an activating group) is 1. The highest BCUT2D eigenvalue weighted by atomic mass is 16.2. The quantitative estimate of drug-likeness (QED) is 0.816. The monoisotopic (exact) mass is 252 g/mol. The largest absolute Gasteiger partial charge is 0.344 e. The van der Waals surface area contributed by atoms with Crippen LogP contribution in [0, 0.1) is 23.7 Å². The normalized spacial score (nSPS) is 31.9. The first kappa shape index (κ1) is 13.9. The zero-order valence-electron chi connectivity index (χ0n) is 12.1. The Kier molecular flexibility index (Phi) is 4.31. The molecule has 3 heteroatoms. The van der Waals surface area contributed by atoms with Crippen LogP contribution in [0.15, 0.2) is 0 Å². The summed E-state index contributed by atoms with van der Waals surface area (Å²) in [5.74, 6) is 3.19. The summed E-state index contributed by atoms with van der Waals surface area (Å²) in [5, 5.41) is 0. The van der Waals surface area contributed by atoms with E-state index in [1.165, 1.54) is 25.7 Å². The fourth-order valence-corrected chi connectivity index (χ4v) is 3.93. The van der Waals surface area contributed by atoms with E-state index >= 15 is 0 Å². The lowest BCUT2D eigenvalue weighted by Crippen LogP contribution is -2.44. The summed E-state index contributed by atoms with van der Waals surface area (Å²) in [4.78, 5) is 14.1. The molecule has 18 heavy (non-hydrogen) atoms. The van der Waals surface area contributed by atoms with Crippen molar-refractivity contribution >= 4 is 5.91 Å². The van der Waals surface area contributed by atoms with Crippen LogP contribution in [0.25, 0.3) is 0 Å². The lowest BCUT2D eigenvalue weighted by molar-refractivity contribution is -0.132. The number of carbonyl (C=O) groups is 1. The number of nitrogens with zero attached hydrogens (tertiary/aromatic N) is 1. The van der Waals surface area contributed by atoms with Gasteiger partial charge in [0.15, 0.2) is 0 Å². The molecule has 2 bridgehead atoms. The molecule has 2 fully saturated rings. The van der Waals surface area contributed by atoms with Crippen LogP contribution in [0.2, 0.25) is 0 Å². The number of hydrogen-bond acceptors (Lipinski definition) is 2. The molecule has 0 aromatic carbocycles. The van der Waals surface area contributed by atoms with E-state index in [0.29, 0.717) is 5.92 Å². The fourth-order valence-electron chi connectivity index (χ4n) is 3.93. The molecule has 2 aliphatic carbocycles. The molecule has 2 aliphatic rings. The molecule has 0 aromatic heterocycles. The second-order valence-electron chi connectivity index (χ2n) is 6.89. The van der Waals surface area contributed by atoms with Crippen LogP contribution in [-0.2, 0) is 4.79 Å². The Morgan fingerprint density at radius 2 is 2.06 bits per heavy atom. The van der Waals surface area contributed by atoms with Gasteiger partial charge < -0.3 is 10.6 Å². The van der Waals surface area contributed by atoms with Gasteiger partial charge in [-0.15, -0.1) is 0 Å². The van der Waals surface area contributed by atoms with Crippen LogP contribution in [0.5, 0.6) is 0 Å². The lowest BCUT2D eigenvalue weighted by atomic mass is 9.88. The number of rotatable bonds is 5. The van der Waals surface area contributed by atoms with Crippen molar-refractivity contribution in [3.63, 3.8) is 0 Å². The summed E-state index contributed by atoms with van der Waals surface area (Å²) < 4.78 is 0. The van der Waals surface area contributed by atoms with E-state index in [1.54, 1.807) is 0 Å². The maximum absolute atomic E-state index is 12.2. The fraction of sp³-hybridized carbons (Fsp3) is 0.933. The van der Waals surface area contributed by atoms with Gasteiger partial charge in [-0.3, -0.25) is 4.79 Å². The summed E-state index contributed by atoms with van der Waals surface area (Å²) >= 11 is 0. The molecule has 0 radical (unpaired) electrons. The molecule has 2 saturated carbocycles. The summed E-state index contributed by atoms with van der Waals surface area (Å²) in [6.45, 7) is 5.15. The van der Waals surface area contributed by atoms with Crippen molar-refractivity contribution < 1.29 is 4.79 Å². The molecule has 4 unspecified atom stereocenters. The highest BCUT2D eigenvalue weighted by Gasteiger charge is 2.40. The van der Waals surface area contributed by atoms with E-state index in [4.69, 9.17) is 5.73 Å². The van der Waals surface area contributed by atoms with E-state index in [0.717, 1.165) is 30.7 Å². The van der Waals surface area contributed by atoms with Gasteiger partial charge in [0.1, 0.15) is 0 Å². The van der Waals surface area contributed by atoms with E-state index in [-0.39, 0.29) is 11.9 Å². The average Bonchev–Trinajstić information content (AvgIpc) is 2.88. The zero-order chi connectivity index (χ0) is 13.3. The van der Waals surface area contributed by atoms with Crippen molar-refractivity contribution in [3.8, 4) is 0 Å². The van der Waals surface area contributed by atoms with E-state index in [1.807, 2.05) is 11.9 Å². The minimum atomic E-state index is -0.311. The molecule has 0 saturated heterocycles. The van der Waals surface area contributed by atoms with Crippen LogP contribution in [-0.4, -0.2) is 30.4 Å². The summed E-state index contributed by atoms with van der Waals surface area (Å²) in [6, 6.07) is -0.311.